The first kappa shape index (κ1) is 26.2. The number of imidazole rings is 1. The fourth-order valence-corrected chi connectivity index (χ4v) is 5.39. The van der Waals surface area contributed by atoms with E-state index in [-0.39, 0.29) is 24.0 Å². The number of nitrogens with zero attached hydrogens (tertiary/aromatic N) is 5. The summed E-state index contributed by atoms with van der Waals surface area (Å²) >= 11 is 6.99. The highest BCUT2D eigenvalue weighted by Gasteiger charge is 2.28. The number of hydrogen-bond acceptors (Lipinski definition) is 7. The normalized spacial score (nSPS) is 19.4. The van der Waals surface area contributed by atoms with Gasteiger partial charge in [0.15, 0.2) is 0 Å². The van der Waals surface area contributed by atoms with Crippen molar-refractivity contribution in [1.29, 1.82) is 0 Å². The topological polar surface area (TPSA) is 105 Å². The lowest BCUT2D eigenvalue weighted by atomic mass is 10.1. The van der Waals surface area contributed by atoms with E-state index in [1.165, 1.54) is 6.08 Å². The second-order valence-electron chi connectivity index (χ2n) is 9.70. The van der Waals surface area contributed by atoms with Gasteiger partial charge >= 0.3 is 0 Å². The molecule has 2 saturated heterocycles. The predicted octanol–water partition coefficient (Wildman–Crippen LogP) is 4.13. The molecule has 0 spiro atoms. The van der Waals surface area contributed by atoms with Crippen LogP contribution in [0.25, 0.3) is 11.0 Å². The van der Waals surface area contributed by atoms with Crippen molar-refractivity contribution in [3.05, 3.63) is 59.4 Å². The van der Waals surface area contributed by atoms with Crippen molar-refractivity contribution in [3.8, 4) is 5.75 Å². The van der Waals surface area contributed by atoms with E-state index in [9.17, 15) is 9.90 Å². The number of rotatable bonds is 6. The van der Waals surface area contributed by atoms with Gasteiger partial charge in [-0.05, 0) is 68.0 Å². The zero-order chi connectivity index (χ0) is 26.6. The van der Waals surface area contributed by atoms with E-state index in [1.807, 2.05) is 23.6 Å². The largest absolute Gasteiger partial charge is 0.858 e. The summed E-state index contributed by atoms with van der Waals surface area (Å²) in [6, 6.07) is 6.80. The van der Waals surface area contributed by atoms with E-state index in [0.717, 1.165) is 37.8 Å². The summed E-state index contributed by atoms with van der Waals surface area (Å²) in [5.74, 6) is 0.261. The van der Waals surface area contributed by atoms with E-state index in [1.54, 1.807) is 23.2 Å². The van der Waals surface area contributed by atoms with Crippen LogP contribution >= 0.6 is 11.6 Å². The average molecular weight is 537 g/mol. The number of hydrogen-bond donors (Lipinski definition) is 0. The highest BCUT2D eigenvalue weighted by Crippen LogP contribution is 2.40. The van der Waals surface area contributed by atoms with Gasteiger partial charge in [-0.3, -0.25) is 9.78 Å². The van der Waals surface area contributed by atoms with E-state index in [4.69, 9.17) is 26.1 Å². The maximum atomic E-state index is 13.2. The molecule has 2 aromatic heterocycles. The number of ether oxygens (including phenoxy) is 2. The zero-order valence-electron chi connectivity index (χ0n) is 21.4. The van der Waals surface area contributed by atoms with Crippen molar-refractivity contribution in [2.75, 3.05) is 26.3 Å². The van der Waals surface area contributed by atoms with Gasteiger partial charge in [-0.15, -0.1) is 0 Å². The smallest absolute Gasteiger partial charge is 0.246 e. The Kier molecular flexibility index (Phi) is 7.95. The van der Waals surface area contributed by atoms with E-state index in [2.05, 4.69) is 16.6 Å². The molecule has 1 amide bonds. The number of aromatic nitrogens is 3. The van der Waals surface area contributed by atoms with Gasteiger partial charge in [0.25, 0.3) is 0 Å². The first-order chi connectivity index (χ1) is 18.4. The molecule has 2 fully saturated rings. The predicted molar refractivity (Wildman–Crippen MR) is 144 cm³/mol. The van der Waals surface area contributed by atoms with Gasteiger partial charge in [-0.1, -0.05) is 18.2 Å². The molecule has 0 saturated carbocycles. The summed E-state index contributed by atoms with van der Waals surface area (Å²) in [7, 11) is 0. The second kappa shape index (κ2) is 11.5. The molecule has 2 aliphatic rings. The Hall–Kier alpha value is -3.43. The number of aliphatic imine (C=N–C) groups is 1. The standard InChI is InChI=1S/C28H32ClN5O4/c1-3-24(35)33-13-5-4-6-20(17-33)34-26-22(7-8-23(25(26)29)38-21-10-14-37-15-11-21)31-28(34)32-27(36)19-9-12-30-18(2)16-19/h3,7-9,12,16,20-21H,1,4-6,10-11,13-15,17H2,2H3,(H,31,32,36)/p-1/t20-/m1/s1. The molecule has 4 heterocycles. The number of likely N-dealkylation sites (tertiary alicyclic amines) is 1. The molecule has 0 aliphatic carbocycles. The molecule has 0 bridgehead atoms. The number of halogens is 1. The Balaban J connectivity index is 1.62. The van der Waals surface area contributed by atoms with E-state index >= 15 is 0 Å². The lowest BCUT2D eigenvalue weighted by molar-refractivity contribution is -0.212. The van der Waals surface area contributed by atoms with Crippen molar-refractivity contribution >= 4 is 40.4 Å². The number of amides is 1. The molecule has 0 radical (unpaired) electrons. The molecule has 38 heavy (non-hydrogen) atoms. The Bertz CT molecular complexity index is 1360. The summed E-state index contributed by atoms with van der Waals surface area (Å²) in [6.07, 6.45) is 7.05. The van der Waals surface area contributed by atoms with Crippen LogP contribution in [0.3, 0.4) is 0 Å². The third kappa shape index (κ3) is 5.54. The lowest BCUT2D eigenvalue weighted by Crippen LogP contribution is -2.34. The van der Waals surface area contributed by atoms with Gasteiger partial charge < -0.3 is 24.0 Å². The van der Waals surface area contributed by atoms with Crippen LogP contribution in [0.4, 0.5) is 5.95 Å². The molecule has 5 rings (SSSR count). The number of benzene rings is 1. The molecule has 1 aromatic carbocycles. The van der Waals surface area contributed by atoms with Crippen LogP contribution in [0.5, 0.6) is 5.75 Å². The summed E-state index contributed by atoms with van der Waals surface area (Å²) in [4.78, 5) is 27.7. The highest BCUT2D eigenvalue weighted by molar-refractivity contribution is 6.36. The van der Waals surface area contributed by atoms with Crippen LogP contribution in [0.1, 0.15) is 49.4 Å². The van der Waals surface area contributed by atoms with Crippen LogP contribution in [-0.2, 0) is 9.53 Å². The minimum absolute atomic E-state index is 0.00863. The van der Waals surface area contributed by atoms with Crippen molar-refractivity contribution in [1.82, 2.24) is 19.4 Å². The van der Waals surface area contributed by atoms with Gasteiger partial charge in [0.2, 0.25) is 11.9 Å². The molecule has 9 nitrogen and oxygen atoms in total. The summed E-state index contributed by atoms with van der Waals surface area (Å²) < 4.78 is 13.6. The van der Waals surface area contributed by atoms with Crippen LogP contribution in [0.2, 0.25) is 5.02 Å². The molecule has 0 N–H and O–H groups in total. The van der Waals surface area contributed by atoms with Gasteiger partial charge in [0.05, 0.1) is 30.3 Å². The summed E-state index contributed by atoms with van der Waals surface area (Å²) in [5.41, 5.74) is 2.40. The third-order valence-electron chi connectivity index (χ3n) is 7.04. The van der Waals surface area contributed by atoms with Gasteiger partial charge in [-0.2, -0.15) is 0 Å². The number of carbonyl (C=O) groups is 1. The highest BCUT2D eigenvalue weighted by atomic mass is 35.5. The van der Waals surface area contributed by atoms with Crippen molar-refractivity contribution in [2.45, 2.75) is 51.2 Å². The zero-order valence-corrected chi connectivity index (χ0v) is 22.2. The van der Waals surface area contributed by atoms with Crippen LogP contribution in [0, 0.1) is 6.92 Å². The Morgan fingerprint density at radius 3 is 2.84 bits per heavy atom. The molecule has 200 valence electrons. The maximum Gasteiger partial charge on any atom is 0.246 e. The Morgan fingerprint density at radius 2 is 2.08 bits per heavy atom. The molecule has 3 aromatic rings. The molecular formula is C28H31ClN5O4-. The number of aryl methyl sites for hydroxylation is 1. The lowest BCUT2D eigenvalue weighted by Gasteiger charge is -2.26. The van der Waals surface area contributed by atoms with Gasteiger partial charge in [-0.25, -0.2) is 9.98 Å². The van der Waals surface area contributed by atoms with Crippen LogP contribution < -0.4 is 9.84 Å². The average Bonchev–Trinajstić information content (AvgIpc) is 3.11. The first-order valence-corrected chi connectivity index (χ1v) is 13.4. The molecule has 10 heteroatoms. The van der Waals surface area contributed by atoms with E-state index < -0.39 is 5.90 Å². The van der Waals surface area contributed by atoms with Crippen molar-refractivity contribution < 1.29 is 19.4 Å². The number of pyridine rings is 1. The molecule has 0 unspecified atom stereocenters. The minimum Gasteiger partial charge on any atom is -0.858 e. The fraction of sp³-hybridized carbons (Fsp3) is 0.429. The van der Waals surface area contributed by atoms with Gasteiger partial charge in [0, 0.05) is 37.8 Å². The number of fused-ring (bicyclic) bond motifs is 1. The monoisotopic (exact) mass is 536 g/mol. The van der Waals surface area contributed by atoms with Crippen LogP contribution in [0.15, 0.2) is 48.1 Å². The molecular weight excluding hydrogens is 506 g/mol. The number of carbonyl (C=O) groups excluding carboxylic acids is 1. The Labute approximate surface area is 226 Å². The van der Waals surface area contributed by atoms with E-state index in [0.29, 0.717) is 53.7 Å². The maximum absolute atomic E-state index is 13.2. The summed E-state index contributed by atoms with van der Waals surface area (Å²) in [5, 5.41) is 13.6. The minimum atomic E-state index is -0.422. The quantitative estimate of drug-likeness (QED) is 0.266. The fourth-order valence-electron chi connectivity index (χ4n) is 5.10. The summed E-state index contributed by atoms with van der Waals surface area (Å²) in [6.45, 7) is 7.85. The second-order valence-corrected chi connectivity index (χ2v) is 10.1. The van der Waals surface area contributed by atoms with Crippen LogP contribution in [-0.4, -0.2) is 63.6 Å². The Morgan fingerprint density at radius 1 is 1.26 bits per heavy atom. The van der Waals surface area contributed by atoms with Crippen molar-refractivity contribution in [3.63, 3.8) is 0 Å². The SMILES string of the molecule is C=CC(=O)N1CCCC[C@@H](n2c(N=C([O-])c3ccnc(C)c3)nc3ccc(OC4CCOCC4)c(Cl)c32)C1. The molecule has 2 aliphatic heterocycles. The first-order valence-electron chi connectivity index (χ1n) is 13.0. The molecule has 1 atom stereocenters. The van der Waals surface area contributed by atoms with Gasteiger partial charge in [0.1, 0.15) is 16.9 Å². The third-order valence-corrected chi connectivity index (χ3v) is 7.41. The van der Waals surface area contributed by atoms with Crippen molar-refractivity contribution in [2.24, 2.45) is 4.99 Å².